The maximum absolute atomic E-state index is 12.3. The van der Waals surface area contributed by atoms with E-state index in [2.05, 4.69) is 33.1 Å². The summed E-state index contributed by atoms with van der Waals surface area (Å²) in [4.78, 5) is 26.2. The first-order valence-corrected chi connectivity index (χ1v) is 10.4. The van der Waals surface area contributed by atoms with Gasteiger partial charge in [0, 0.05) is 36.8 Å². The van der Waals surface area contributed by atoms with Crippen LogP contribution in [0.25, 0.3) is 11.4 Å². The number of aromatic nitrogens is 4. The number of likely N-dealkylation sites (tertiary alicyclic amines) is 1. The normalized spacial score (nSPS) is 17.4. The minimum Gasteiger partial charge on any atom is -0.340 e. The monoisotopic (exact) mass is 397 g/mol. The molecule has 154 valence electrons. The van der Waals surface area contributed by atoms with Crippen LogP contribution in [0.5, 0.6) is 0 Å². The zero-order chi connectivity index (χ0) is 20.2. The first-order chi connectivity index (χ1) is 14.2. The number of benzene rings is 1. The molecule has 3 amide bonds. The quantitative estimate of drug-likeness (QED) is 0.712. The van der Waals surface area contributed by atoms with Gasteiger partial charge in [-0.2, -0.15) is 0 Å². The summed E-state index contributed by atoms with van der Waals surface area (Å²) in [5.41, 5.74) is 1.56. The highest BCUT2D eigenvalue weighted by atomic mass is 16.2. The lowest BCUT2D eigenvalue weighted by Gasteiger charge is -2.26. The van der Waals surface area contributed by atoms with Crippen LogP contribution < -0.4 is 10.6 Å². The van der Waals surface area contributed by atoms with E-state index in [1.807, 2.05) is 33.8 Å². The van der Waals surface area contributed by atoms with E-state index in [0.29, 0.717) is 24.7 Å². The number of rotatable bonds is 8. The topological polar surface area (TPSA) is 105 Å². The summed E-state index contributed by atoms with van der Waals surface area (Å²) in [5, 5.41) is 17.8. The average Bonchev–Trinajstić information content (AvgIpc) is 3.29. The maximum atomic E-state index is 12.3. The predicted octanol–water partition coefficient (Wildman–Crippen LogP) is 2.59. The molecule has 4 rings (SSSR count). The van der Waals surface area contributed by atoms with Gasteiger partial charge in [0.05, 0.1) is 6.04 Å². The fourth-order valence-corrected chi connectivity index (χ4v) is 3.85. The van der Waals surface area contributed by atoms with E-state index in [1.165, 1.54) is 0 Å². The third kappa shape index (κ3) is 4.55. The highest BCUT2D eigenvalue weighted by molar-refractivity contribution is 5.89. The number of hydrogen-bond acceptors (Lipinski definition) is 5. The molecule has 2 fully saturated rings. The molecule has 1 saturated heterocycles. The Bertz CT molecular complexity index is 877. The summed E-state index contributed by atoms with van der Waals surface area (Å²) in [6.45, 7) is 3.43. The Hall–Kier alpha value is -2.97. The predicted molar refractivity (Wildman–Crippen MR) is 108 cm³/mol. The van der Waals surface area contributed by atoms with Crippen LogP contribution in [-0.4, -0.2) is 56.2 Å². The third-order valence-corrected chi connectivity index (χ3v) is 5.55. The van der Waals surface area contributed by atoms with Gasteiger partial charge in [0.15, 0.2) is 5.82 Å². The van der Waals surface area contributed by atoms with Crippen molar-refractivity contribution in [1.29, 1.82) is 0 Å². The fraction of sp³-hybridized carbons (Fsp3) is 0.550. The summed E-state index contributed by atoms with van der Waals surface area (Å²) in [5.74, 6) is 0.948. The van der Waals surface area contributed by atoms with E-state index < -0.39 is 0 Å². The Morgan fingerprint density at radius 3 is 2.93 bits per heavy atom. The van der Waals surface area contributed by atoms with Gasteiger partial charge in [0.1, 0.15) is 0 Å². The van der Waals surface area contributed by atoms with Gasteiger partial charge in [-0.3, -0.25) is 4.79 Å². The number of urea groups is 1. The second-order valence-corrected chi connectivity index (χ2v) is 7.68. The van der Waals surface area contributed by atoms with Gasteiger partial charge in [-0.25, -0.2) is 9.48 Å². The van der Waals surface area contributed by atoms with E-state index in [9.17, 15) is 9.59 Å². The van der Waals surface area contributed by atoms with Crippen molar-refractivity contribution in [2.24, 2.45) is 0 Å². The molecule has 2 aliphatic rings. The number of nitrogens with one attached hydrogen (secondary N) is 2. The molecule has 2 N–H and O–H groups in total. The Morgan fingerprint density at radius 2 is 2.21 bits per heavy atom. The number of amides is 3. The number of nitrogens with zero attached hydrogens (tertiary/aromatic N) is 5. The average molecular weight is 397 g/mol. The van der Waals surface area contributed by atoms with E-state index >= 15 is 0 Å². The van der Waals surface area contributed by atoms with Gasteiger partial charge in [0.2, 0.25) is 5.91 Å². The van der Waals surface area contributed by atoms with Crippen LogP contribution >= 0.6 is 0 Å². The van der Waals surface area contributed by atoms with Gasteiger partial charge in [-0.1, -0.05) is 19.1 Å². The Balaban J connectivity index is 1.30. The van der Waals surface area contributed by atoms with Gasteiger partial charge in [-0.05, 0) is 54.7 Å². The van der Waals surface area contributed by atoms with Gasteiger partial charge >= 0.3 is 6.03 Å². The largest absolute Gasteiger partial charge is 0.340 e. The number of hydrogen-bond donors (Lipinski definition) is 2. The fourth-order valence-electron chi connectivity index (χ4n) is 3.85. The zero-order valence-electron chi connectivity index (χ0n) is 16.7. The molecule has 0 spiro atoms. The third-order valence-electron chi connectivity index (χ3n) is 5.55. The maximum Gasteiger partial charge on any atom is 0.319 e. The van der Waals surface area contributed by atoms with Crippen LogP contribution in [0, 0.1) is 0 Å². The van der Waals surface area contributed by atoms with Crippen molar-refractivity contribution < 1.29 is 9.59 Å². The SMILES string of the molecule is CC[C@@H](CCNC(=O)Nc1cccc(-c2nnnn2C2CC2)c1)N1CCCC1=O. The molecule has 0 radical (unpaired) electrons. The molecule has 9 heteroatoms. The Labute approximate surface area is 169 Å². The molecule has 2 aromatic rings. The minimum atomic E-state index is -0.258. The standard InChI is InChI=1S/C20H27N7O2/c1-2-16(26-12-4-7-18(26)28)10-11-21-20(29)22-15-6-3-5-14(13-15)19-23-24-25-27(19)17-8-9-17/h3,5-6,13,16-17H,2,4,7-12H2,1H3,(H2,21,22,29)/t16-/m0/s1. The summed E-state index contributed by atoms with van der Waals surface area (Å²) in [6.07, 6.45) is 5.42. The molecular formula is C20H27N7O2. The number of carbonyl (C=O) groups is 2. The minimum absolute atomic E-state index is 0.190. The first-order valence-electron chi connectivity index (χ1n) is 10.4. The van der Waals surface area contributed by atoms with Crippen LogP contribution in [0.3, 0.4) is 0 Å². The second-order valence-electron chi connectivity index (χ2n) is 7.68. The molecule has 1 saturated carbocycles. The van der Waals surface area contributed by atoms with Crippen molar-refractivity contribution in [2.75, 3.05) is 18.4 Å². The van der Waals surface area contributed by atoms with Crippen molar-refractivity contribution in [3.8, 4) is 11.4 Å². The van der Waals surface area contributed by atoms with Crippen molar-refractivity contribution >= 4 is 17.6 Å². The van der Waals surface area contributed by atoms with Crippen LogP contribution in [0.15, 0.2) is 24.3 Å². The number of anilines is 1. The summed E-state index contributed by atoms with van der Waals surface area (Å²) in [7, 11) is 0. The molecule has 1 aliphatic heterocycles. The molecule has 1 aromatic heterocycles. The van der Waals surface area contributed by atoms with Crippen LogP contribution in [0.1, 0.15) is 51.5 Å². The van der Waals surface area contributed by atoms with Crippen LogP contribution in [0.2, 0.25) is 0 Å². The van der Waals surface area contributed by atoms with Crippen molar-refractivity contribution in [3.63, 3.8) is 0 Å². The summed E-state index contributed by atoms with van der Waals surface area (Å²) >= 11 is 0. The highest BCUT2D eigenvalue weighted by Crippen LogP contribution is 2.36. The van der Waals surface area contributed by atoms with Crippen molar-refractivity contribution in [3.05, 3.63) is 24.3 Å². The van der Waals surface area contributed by atoms with E-state index in [-0.39, 0.29) is 18.0 Å². The van der Waals surface area contributed by atoms with E-state index in [4.69, 9.17) is 0 Å². The van der Waals surface area contributed by atoms with E-state index in [1.54, 1.807) is 0 Å². The van der Waals surface area contributed by atoms with Crippen LogP contribution in [-0.2, 0) is 4.79 Å². The number of tetrazole rings is 1. The Kier molecular flexibility index (Phi) is 5.73. The molecule has 29 heavy (non-hydrogen) atoms. The molecule has 0 unspecified atom stereocenters. The van der Waals surface area contributed by atoms with Crippen molar-refractivity contribution in [1.82, 2.24) is 30.4 Å². The lowest BCUT2D eigenvalue weighted by molar-refractivity contribution is -0.129. The molecule has 9 nitrogen and oxygen atoms in total. The molecule has 1 aliphatic carbocycles. The smallest absolute Gasteiger partial charge is 0.319 e. The molecule has 0 bridgehead atoms. The Morgan fingerprint density at radius 1 is 1.34 bits per heavy atom. The van der Waals surface area contributed by atoms with Gasteiger partial charge < -0.3 is 15.5 Å². The van der Waals surface area contributed by atoms with E-state index in [0.717, 1.165) is 50.0 Å². The van der Waals surface area contributed by atoms with Gasteiger partial charge in [-0.15, -0.1) is 5.10 Å². The zero-order valence-corrected chi connectivity index (χ0v) is 16.7. The molecular weight excluding hydrogens is 370 g/mol. The van der Waals surface area contributed by atoms with Crippen molar-refractivity contribution in [2.45, 2.75) is 57.5 Å². The lowest BCUT2D eigenvalue weighted by atomic mass is 10.1. The van der Waals surface area contributed by atoms with Crippen LogP contribution in [0.4, 0.5) is 10.5 Å². The number of carbonyl (C=O) groups excluding carboxylic acids is 2. The molecule has 1 aromatic carbocycles. The van der Waals surface area contributed by atoms with Gasteiger partial charge in [0.25, 0.3) is 0 Å². The molecule has 2 heterocycles. The second kappa shape index (κ2) is 8.59. The summed E-state index contributed by atoms with van der Waals surface area (Å²) < 4.78 is 1.85. The summed E-state index contributed by atoms with van der Waals surface area (Å²) in [6, 6.07) is 7.85. The highest BCUT2D eigenvalue weighted by Gasteiger charge is 2.28. The molecule has 1 atom stereocenters. The lowest BCUT2D eigenvalue weighted by Crippen LogP contribution is -2.39. The first kappa shape index (κ1) is 19.4.